The van der Waals surface area contributed by atoms with E-state index in [2.05, 4.69) is 10.4 Å². The highest BCUT2D eigenvalue weighted by Crippen LogP contribution is 2.33. The summed E-state index contributed by atoms with van der Waals surface area (Å²) in [6.45, 7) is 1.98. The number of nitrogens with zero attached hydrogens (tertiary/aromatic N) is 3. The molecule has 2 aromatic carbocycles. The molecule has 0 spiro atoms. The van der Waals surface area contributed by atoms with Crippen LogP contribution in [0.2, 0.25) is 0 Å². The van der Waals surface area contributed by atoms with Gasteiger partial charge in [0.25, 0.3) is 11.8 Å². The lowest BCUT2D eigenvalue weighted by atomic mass is 10.1. The van der Waals surface area contributed by atoms with Crippen LogP contribution in [0.15, 0.2) is 54.7 Å². The van der Waals surface area contributed by atoms with E-state index >= 15 is 0 Å². The fourth-order valence-electron chi connectivity index (χ4n) is 3.43. The molecule has 3 aromatic rings. The van der Waals surface area contributed by atoms with E-state index in [0.717, 1.165) is 18.2 Å². The maximum Gasteiger partial charge on any atom is 0.416 e. The summed E-state index contributed by atoms with van der Waals surface area (Å²) in [5, 5.41) is 6.72. The summed E-state index contributed by atoms with van der Waals surface area (Å²) in [5.41, 5.74) is -0.247. The van der Waals surface area contributed by atoms with E-state index in [0.29, 0.717) is 5.69 Å². The van der Waals surface area contributed by atoms with Crippen molar-refractivity contribution in [2.45, 2.75) is 19.1 Å². The summed E-state index contributed by atoms with van der Waals surface area (Å²) in [4.78, 5) is 26.9. The number of aromatic nitrogens is 2. The molecular weight excluding hydrogens is 448 g/mol. The Morgan fingerprint density at radius 2 is 1.84 bits per heavy atom. The molecule has 2 amide bonds. The van der Waals surface area contributed by atoms with Crippen LogP contribution in [0.1, 0.15) is 39.4 Å². The summed E-state index contributed by atoms with van der Waals surface area (Å²) in [7, 11) is 0. The topological polar surface area (TPSA) is 67.2 Å². The minimum absolute atomic E-state index is 0. The number of carbonyl (C=O) groups is 2. The van der Waals surface area contributed by atoms with Gasteiger partial charge < -0.3 is 10.2 Å². The lowest BCUT2D eigenvalue weighted by Crippen LogP contribution is -2.43. The Morgan fingerprint density at radius 1 is 1.16 bits per heavy atom. The van der Waals surface area contributed by atoms with E-state index in [1.54, 1.807) is 6.92 Å². The molecule has 1 aromatic heterocycles. The van der Waals surface area contributed by atoms with Crippen LogP contribution in [0, 0.1) is 5.82 Å². The number of halogens is 4. The van der Waals surface area contributed by atoms with Gasteiger partial charge >= 0.3 is 6.18 Å². The van der Waals surface area contributed by atoms with Crippen molar-refractivity contribution < 1.29 is 27.2 Å². The van der Waals surface area contributed by atoms with Gasteiger partial charge in [-0.15, -0.1) is 0 Å². The zero-order valence-electron chi connectivity index (χ0n) is 16.7. The monoisotopic (exact) mass is 466 g/mol. The smallest absolute Gasteiger partial charge is 0.319 e. The van der Waals surface area contributed by atoms with Crippen LogP contribution < -0.4 is 10.2 Å². The molecule has 168 valence electrons. The van der Waals surface area contributed by atoms with Gasteiger partial charge in [-0.2, -0.15) is 31.8 Å². The van der Waals surface area contributed by atoms with Gasteiger partial charge in [-0.3, -0.25) is 14.3 Å². The normalized spacial score (nSPS) is 15.7. The number of carbonyl (C=O) groups excluding carboxylic acids is 2. The minimum atomic E-state index is -4.48. The number of anilines is 2. The van der Waals surface area contributed by atoms with Crippen molar-refractivity contribution in [1.82, 2.24) is 9.78 Å². The Bertz CT molecular complexity index is 1160. The van der Waals surface area contributed by atoms with Crippen molar-refractivity contribution in [1.29, 1.82) is 0 Å². The molecule has 1 aliphatic rings. The number of alkyl halides is 3. The fourth-order valence-corrected chi connectivity index (χ4v) is 3.43. The van der Waals surface area contributed by atoms with Gasteiger partial charge in [0.2, 0.25) is 0 Å². The fraction of sp³-hybridized carbons (Fsp3) is 0.190. The SMILES string of the molecule is C[C@H]1CN(c2ccc(C(F)(F)F)cc2)C(=O)c2c(NC(=O)c3cccc(F)c3)cnn21.S. The predicted molar refractivity (Wildman–Crippen MR) is 115 cm³/mol. The van der Waals surface area contributed by atoms with Crippen molar-refractivity contribution in [3.63, 3.8) is 0 Å². The van der Waals surface area contributed by atoms with Crippen LogP contribution in [-0.4, -0.2) is 28.1 Å². The summed E-state index contributed by atoms with van der Waals surface area (Å²) >= 11 is 0. The van der Waals surface area contributed by atoms with Gasteiger partial charge in [-0.05, 0) is 49.4 Å². The zero-order chi connectivity index (χ0) is 22.3. The average Bonchev–Trinajstić information content (AvgIpc) is 3.14. The molecule has 0 saturated heterocycles. The highest BCUT2D eigenvalue weighted by molar-refractivity contribution is 7.59. The lowest BCUT2D eigenvalue weighted by molar-refractivity contribution is -0.137. The molecule has 2 heterocycles. The Kier molecular flexibility index (Phi) is 6.31. The highest BCUT2D eigenvalue weighted by Gasteiger charge is 2.35. The van der Waals surface area contributed by atoms with Gasteiger partial charge in [0.15, 0.2) is 5.69 Å². The Balaban J connectivity index is 0.00000289. The molecule has 0 aliphatic carbocycles. The number of rotatable bonds is 3. The van der Waals surface area contributed by atoms with Crippen LogP contribution in [-0.2, 0) is 6.18 Å². The van der Waals surface area contributed by atoms with Gasteiger partial charge in [0.1, 0.15) is 5.82 Å². The molecule has 32 heavy (non-hydrogen) atoms. The maximum atomic E-state index is 13.4. The predicted octanol–water partition coefficient (Wildman–Crippen LogP) is 4.63. The van der Waals surface area contributed by atoms with E-state index in [1.807, 2.05) is 0 Å². The van der Waals surface area contributed by atoms with Crippen molar-refractivity contribution in [2.75, 3.05) is 16.8 Å². The van der Waals surface area contributed by atoms with Gasteiger partial charge in [-0.25, -0.2) is 4.39 Å². The molecule has 4 rings (SSSR count). The number of hydrogen-bond donors (Lipinski definition) is 1. The van der Waals surface area contributed by atoms with Crippen molar-refractivity contribution in [2.24, 2.45) is 0 Å². The van der Waals surface area contributed by atoms with Crippen LogP contribution in [0.25, 0.3) is 0 Å². The second kappa shape index (κ2) is 8.65. The number of nitrogens with one attached hydrogen (secondary N) is 1. The first kappa shape index (κ1) is 23.3. The van der Waals surface area contributed by atoms with E-state index in [4.69, 9.17) is 0 Å². The van der Waals surface area contributed by atoms with E-state index < -0.39 is 29.4 Å². The van der Waals surface area contributed by atoms with Gasteiger partial charge in [0, 0.05) is 17.8 Å². The van der Waals surface area contributed by atoms with Crippen molar-refractivity contribution in [3.05, 3.63) is 77.4 Å². The molecule has 0 bridgehead atoms. The van der Waals surface area contributed by atoms with Crippen LogP contribution in [0.5, 0.6) is 0 Å². The number of hydrogen-bond acceptors (Lipinski definition) is 3. The first-order chi connectivity index (χ1) is 14.6. The summed E-state index contributed by atoms with van der Waals surface area (Å²) in [6, 6.07) is 9.04. The second-order valence-electron chi connectivity index (χ2n) is 7.13. The third-order valence-corrected chi connectivity index (χ3v) is 4.95. The second-order valence-corrected chi connectivity index (χ2v) is 7.13. The quantitative estimate of drug-likeness (QED) is 0.573. The molecule has 0 saturated carbocycles. The molecule has 11 heteroatoms. The van der Waals surface area contributed by atoms with E-state index in [1.165, 1.54) is 46.1 Å². The number of amides is 2. The molecule has 1 aliphatic heterocycles. The third-order valence-electron chi connectivity index (χ3n) is 4.95. The van der Waals surface area contributed by atoms with Crippen LogP contribution in [0.3, 0.4) is 0 Å². The molecule has 1 atom stereocenters. The summed E-state index contributed by atoms with van der Waals surface area (Å²) < 4.78 is 53.4. The molecule has 6 nitrogen and oxygen atoms in total. The summed E-state index contributed by atoms with van der Waals surface area (Å²) in [5.74, 6) is -1.73. The van der Waals surface area contributed by atoms with Crippen LogP contribution in [0.4, 0.5) is 28.9 Å². The van der Waals surface area contributed by atoms with Gasteiger partial charge in [0.05, 0.1) is 23.5 Å². The summed E-state index contributed by atoms with van der Waals surface area (Å²) in [6.07, 6.45) is -3.16. The van der Waals surface area contributed by atoms with E-state index in [-0.39, 0.29) is 43.0 Å². The van der Waals surface area contributed by atoms with Crippen molar-refractivity contribution in [3.8, 4) is 0 Å². The third kappa shape index (κ3) is 4.33. The first-order valence-electron chi connectivity index (χ1n) is 9.28. The highest BCUT2D eigenvalue weighted by atomic mass is 32.1. The van der Waals surface area contributed by atoms with Crippen LogP contribution >= 0.6 is 13.5 Å². The maximum absolute atomic E-state index is 13.4. The molecule has 0 unspecified atom stereocenters. The largest absolute Gasteiger partial charge is 0.416 e. The first-order valence-corrected chi connectivity index (χ1v) is 9.28. The number of benzene rings is 2. The molecule has 1 N–H and O–H groups in total. The van der Waals surface area contributed by atoms with Gasteiger partial charge in [-0.1, -0.05) is 6.07 Å². The average molecular weight is 466 g/mol. The Hall–Kier alpha value is -3.34. The minimum Gasteiger partial charge on any atom is -0.319 e. The van der Waals surface area contributed by atoms with Crippen molar-refractivity contribution >= 4 is 36.7 Å². The molecular formula is C21H18F4N4O2S. The van der Waals surface area contributed by atoms with E-state index in [9.17, 15) is 27.2 Å². The molecule has 0 fully saturated rings. The Morgan fingerprint density at radius 3 is 2.47 bits per heavy atom. The molecule has 0 radical (unpaired) electrons. The zero-order valence-corrected chi connectivity index (χ0v) is 17.7. The lowest BCUT2D eigenvalue weighted by Gasteiger charge is -2.32. The standard InChI is InChI=1S/C21H16F4N4O2.H2S/c1-12-11-28(16-7-5-14(6-8-16)21(23,24)25)20(31)18-17(10-26-29(12)18)27-19(30)13-3-2-4-15(22)9-13;/h2-10,12H,11H2,1H3,(H,27,30);1H2/t12-;/m0./s1. The number of fused-ring (bicyclic) bond motifs is 1. The Labute approximate surface area is 187 Å².